The van der Waals surface area contributed by atoms with E-state index in [2.05, 4.69) is 20.7 Å². The summed E-state index contributed by atoms with van der Waals surface area (Å²) in [7, 11) is 1.87. The van der Waals surface area contributed by atoms with Gasteiger partial charge in [-0.3, -0.25) is 14.5 Å². The molecule has 0 saturated carbocycles. The van der Waals surface area contributed by atoms with Crippen LogP contribution >= 0.6 is 11.6 Å². The number of benzene rings is 1. The average Bonchev–Trinajstić information content (AvgIpc) is 2.96. The van der Waals surface area contributed by atoms with E-state index in [1.54, 1.807) is 29.1 Å². The number of nitrogens with zero attached hydrogens (tertiary/aromatic N) is 3. The number of amides is 1. The lowest BCUT2D eigenvalue weighted by molar-refractivity contribution is -0.122. The Hall–Kier alpha value is -2.80. The maximum atomic E-state index is 12.0. The third-order valence-corrected chi connectivity index (χ3v) is 4.12. The van der Waals surface area contributed by atoms with Crippen LogP contribution in [0.25, 0.3) is 10.9 Å². The molecule has 3 rings (SSSR count). The van der Waals surface area contributed by atoms with E-state index in [1.807, 2.05) is 26.1 Å². The van der Waals surface area contributed by atoms with Crippen molar-refractivity contribution in [2.24, 2.45) is 7.05 Å². The van der Waals surface area contributed by atoms with Crippen LogP contribution < -0.4 is 15.4 Å². The zero-order valence-electron chi connectivity index (χ0n) is 14.6. The zero-order valence-corrected chi connectivity index (χ0v) is 15.4. The van der Waals surface area contributed by atoms with Crippen LogP contribution in [0.5, 0.6) is 5.75 Å². The van der Waals surface area contributed by atoms with Crippen LogP contribution in [0.3, 0.4) is 0 Å². The minimum atomic E-state index is -0.202. The molecule has 3 aromatic rings. The van der Waals surface area contributed by atoms with Gasteiger partial charge in [0.15, 0.2) is 6.61 Å². The lowest BCUT2D eigenvalue weighted by Crippen LogP contribution is -2.32. The normalized spacial score (nSPS) is 10.7. The van der Waals surface area contributed by atoms with Gasteiger partial charge in [-0.1, -0.05) is 11.6 Å². The molecule has 2 N–H and O–H groups in total. The molecule has 7 nitrogen and oxygen atoms in total. The predicted octanol–water partition coefficient (Wildman–Crippen LogP) is 2.54. The van der Waals surface area contributed by atoms with E-state index in [9.17, 15) is 4.79 Å². The summed E-state index contributed by atoms with van der Waals surface area (Å²) in [6, 6.07) is 9.07. The van der Waals surface area contributed by atoms with Crippen LogP contribution in [0.4, 0.5) is 5.82 Å². The minimum Gasteiger partial charge on any atom is -0.481 e. The molecule has 8 heteroatoms. The van der Waals surface area contributed by atoms with Crippen molar-refractivity contribution in [2.75, 3.05) is 25.0 Å². The number of nitrogens with one attached hydrogen (secondary N) is 2. The molecule has 0 saturated heterocycles. The number of hydrogen-bond acceptors (Lipinski definition) is 5. The number of hydrogen-bond donors (Lipinski definition) is 2. The number of ether oxygens (including phenoxy) is 1. The fourth-order valence-electron chi connectivity index (χ4n) is 2.59. The van der Waals surface area contributed by atoms with Crippen molar-refractivity contribution in [1.29, 1.82) is 0 Å². The summed E-state index contributed by atoms with van der Waals surface area (Å²) in [6.07, 6.45) is 1.66. The molecule has 1 aromatic carbocycles. The Morgan fingerprint density at radius 2 is 2.15 bits per heavy atom. The van der Waals surface area contributed by atoms with Crippen LogP contribution in [-0.4, -0.2) is 40.4 Å². The molecule has 136 valence electrons. The van der Waals surface area contributed by atoms with Gasteiger partial charge in [-0.2, -0.15) is 5.10 Å². The molecule has 26 heavy (non-hydrogen) atoms. The largest absolute Gasteiger partial charge is 0.481 e. The highest BCUT2D eigenvalue weighted by Gasteiger charge is 2.09. The molecule has 0 aliphatic carbocycles. The van der Waals surface area contributed by atoms with Gasteiger partial charge in [0.25, 0.3) is 5.91 Å². The SMILES string of the molecule is Cc1cc(NCCNC(=O)COc2ccc(Cl)c3cccnc23)n(C)n1. The predicted molar refractivity (Wildman–Crippen MR) is 102 cm³/mol. The van der Waals surface area contributed by atoms with E-state index < -0.39 is 0 Å². The van der Waals surface area contributed by atoms with E-state index in [0.29, 0.717) is 29.4 Å². The first-order chi connectivity index (χ1) is 12.5. The van der Waals surface area contributed by atoms with E-state index in [0.717, 1.165) is 16.9 Å². The first kappa shape index (κ1) is 18.0. The fourth-order valence-corrected chi connectivity index (χ4v) is 2.81. The van der Waals surface area contributed by atoms with Gasteiger partial charge in [-0.15, -0.1) is 0 Å². The van der Waals surface area contributed by atoms with E-state index >= 15 is 0 Å². The number of carbonyl (C=O) groups excluding carboxylic acids is 1. The summed E-state index contributed by atoms with van der Waals surface area (Å²) < 4.78 is 7.37. The number of fused-ring (bicyclic) bond motifs is 1. The molecular weight excluding hydrogens is 354 g/mol. The number of pyridine rings is 1. The Kier molecular flexibility index (Phi) is 5.58. The zero-order chi connectivity index (χ0) is 18.5. The van der Waals surface area contributed by atoms with Crippen molar-refractivity contribution in [2.45, 2.75) is 6.92 Å². The molecule has 0 bridgehead atoms. The Morgan fingerprint density at radius 1 is 1.31 bits per heavy atom. The standard InChI is InChI=1S/C18H20ClN5O2/c1-12-10-16(24(2)23-12)20-8-9-21-17(25)11-26-15-6-5-14(19)13-4-3-7-22-18(13)15/h3-7,10,20H,8-9,11H2,1-2H3,(H,21,25). The Labute approximate surface area is 156 Å². The van der Waals surface area contributed by atoms with Crippen molar-refractivity contribution in [1.82, 2.24) is 20.1 Å². The Balaban J connectivity index is 1.47. The van der Waals surface area contributed by atoms with Crippen molar-refractivity contribution in [3.8, 4) is 5.75 Å². The van der Waals surface area contributed by atoms with Gasteiger partial charge in [0, 0.05) is 37.8 Å². The van der Waals surface area contributed by atoms with Gasteiger partial charge < -0.3 is 15.4 Å². The summed E-state index contributed by atoms with van der Waals surface area (Å²) >= 11 is 6.15. The molecule has 0 unspecified atom stereocenters. The summed E-state index contributed by atoms with van der Waals surface area (Å²) in [6.45, 7) is 2.92. The summed E-state index contributed by atoms with van der Waals surface area (Å²) in [5.41, 5.74) is 1.58. The lowest BCUT2D eigenvalue weighted by atomic mass is 10.2. The molecule has 0 fully saturated rings. The third-order valence-electron chi connectivity index (χ3n) is 3.79. The molecule has 0 aliphatic rings. The highest BCUT2D eigenvalue weighted by molar-refractivity contribution is 6.35. The fraction of sp³-hybridized carbons (Fsp3) is 0.278. The van der Waals surface area contributed by atoms with Crippen LogP contribution in [0.2, 0.25) is 5.02 Å². The highest BCUT2D eigenvalue weighted by atomic mass is 35.5. The number of rotatable bonds is 7. The van der Waals surface area contributed by atoms with Gasteiger partial charge in [0.1, 0.15) is 17.1 Å². The molecule has 0 radical (unpaired) electrons. The topological polar surface area (TPSA) is 81.1 Å². The van der Waals surface area contributed by atoms with Gasteiger partial charge >= 0.3 is 0 Å². The minimum absolute atomic E-state index is 0.0852. The van der Waals surface area contributed by atoms with Gasteiger partial charge in [0.2, 0.25) is 0 Å². The quantitative estimate of drug-likeness (QED) is 0.622. The van der Waals surface area contributed by atoms with Crippen LogP contribution in [0.15, 0.2) is 36.5 Å². The van der Waals surface area contributed by atoms with Crippen molar-refractivity contribution < 1.29 is 9.53 Å². The first-order valence-electron chi connectivity index (χ1n) is 8.22. The van der Waals surface area contributed by atoms with E-state index in [1.165, 1.54) is 0 Å². The Bertz CT molecular complexity index is 925. The van der Waals surface area contributed by atoms with Crippen LogP contribution in [0.1, 0.15) is 5.69 Å². The first-order valence-corrected chi connectivity index (χ1v) is 8.59. The highest BCUT2D eigenvalue weighted by Crippen LogP contribution is 2.29. The number of aromatic nitrogens is 3. The van der Waals surface area contributed by atoms with Crippen LogP contribution in [0, 0.1) is 6.92 Å². The summed E-state index contributed by atoms with van der Waals surface area (Å²) in [4.78, 5) is 16.3. The Morgan fingerprint density at radius 3 is 2.92 bits per heavy atom. The molecular formula is C18H20ClN5O2. The van der Waals surface area contributed by atoms with Gasteiger partial charge in [-0.05, 0) is 31.2 Å². The van der Waals surface area contributed by atoms with Crippen molar-refractivity contribution >= 4 is 34.2 Å². The van der Waals surface area contributed by atoms with E-state index in [4.69, 9.17) is 16.3 Å². The van der Waals surface area contributed by atoms with E-state index in [-0.39, 0.29) is 12.5 Å². The monoisotopic (exact) mass is 373 g/mol. The van der Waals surface area contributed by atoms with Crippen molar-refractivity contribution in [3.63, 3.8) is 0 Å². The molecule has 0 aliphatic heterocycles. The maximum Gasteiger partial charge on any atom is 0.258 e. The second-order valence-electron chi connectivity index (χ2n) is 5.81. The smallest absolute Gasteiger partial charge is 0.258 e. The number of carbonyl (C=O) groups is 1. The second kappa shape index (κ2) is 8.05. The maximum absolute atomic E-state index is 12.0. The average molecular weight is 374 g/mol. The number of anilines is 1. The molecule has 1 amide bonds. The van der Waals surface area contributed by atoms with Gasteiger partial charge in [0.05, 0.1) is 10.7 Å². The van der Waals surface area contributed by atoms with Crippen LogP contribution in [-0.2, 0) is 11.8 Å². The molecule has 2 heterocycles. The summed E-state index contributed by atoms with van der Waals surface area (Å²) in [5.74, 6) is 1.24. The summed E-state index contributed by atoms with van der Waals surface area (Å²) in [5, 5.41) is 11.7. The second-order valence-corrected chi connectivity index (χ2v) is 6.21. The number of aryl methyl sites for hydroxylation is 2. The molecule has 2 aromatic heterocycles. The number of halogens is 1. The molecule has 0 spiro atoms. The van der Waals surface area contributed by atoms with Crippen molar-refractivity contribution in [3.05, 3.63) is 47.2 Å². The third kappa shape index (κ3) is 4.23. The molecule has 0 atom stereocenters. The van der Waals surface area contributed by atoms with Gasteiger partial charge in [-0.25, -0.2) is 0 Å². The lowest BCUT2D eigenvalue weighted by Gasteiger charge is -2.10.